The van der Waals surface area contributed by atoms with Crippen LogP contribution in [0.2, 0.25) is 18.1 Å². The molecule has 3 heterocycles. The molecule has 0 aliphatic carbocycles. The van der Waals surface area contributed by atoms with Crippen LogP contribution in [0.4, 0.5) is 21.2 Å². The van der Waals surface area contributed by atoms with E-state index in [4.69, 9.17) is 24.0 Å². The zero-order valence-corrected chi connectivity index (χ0v) is 32.9. The lowest BCUT2D eigenvalue weighted by molar-refractivity contribution is 0.0180. The largest absolute Gasteiger partial charge is 0.444 e. The van der Waals surface area contributed by atoms with Gasteiger partial charge in [0.1, 0.15) is 22.8 Å². The molecule has 1 fully saturated rings. The van der Waals surface area contributed by atoms with Gasteiger partial charge >= 0.3 is 12.2 Å². The average Bonchev–Trinajstić information content (AvgIpc) is 3.57. The van der Waals surface area contributed by atoms with Crippen LogP contribution < -0.4 is 10.2 Å². The van der Waals surface area contributed by atoms with E-state index in [9.17, 15) is 9.59 Å². The summed E-state index contributed by atoms with van der Waals surface area (Å²) in [5.74, 6) is 1.24. The summed E-state index contributed by atoms with van der Waals surface area (Å²) in [6.07, 6.45) is 1.61. The fraction of sp³-hybridized carbons (Fsp3) is 0.622. The molecule has 1 saturated heterocycles. The van der Waals surface area contributed by atoms with Crippen LogP contribution in [0.25, 0.3) is 5.65 Å². The second-order valence-corrected chi connectivity index (χ2v) is 21.8. The van der Waals surface area contributed by atoms with Crippen LogP contribution >= 0.6 is 0 Å². The summed E-state index contributed by atoms with van der Waals surface area (Å²) in [5, 5.41) is 8.35. The van der Waals surface area contributed by atoms with Crippen molar-refractivity contribution in [3.63, 3.8) is 0 Å². The summed E-state index contributed by atoms with van der Waals surface area (Å²) >= 11 is 0. The van der Waals surface area contributed by atoms with Crippen LogP contribution in [0.5, 0.6) is 0 Å². The van der Waals surface area contributed by atoms with Crippen molar-refractivity contribution >= 4 is 37.8 Å². The summed E-state index contributed by atoms with van der Waals surface area (Å²) < 4.78 is 20.1. The normalized spacial score (nSPS) is 17.5. The molecule has 1 aromatic carbocycles. The number of fused-ring (bicyclic) bond motifs is 1. The minimum Gasteiger partial charge on any atom is -0.444 e. The zero-order chi connectivity index (χ0) is 36.5. The molecule has 12 heteroatoms. The average molecular weight is 695 g/mol. The number of carbonyl (C=O) groups excluding carboxylic acids is 2. The summed E-state index contributed by atoms with van der Waals surface area (Å²) in [4.78, 5) is 35.8. The third-order valence-corrected chi connectivity index (χ3v) is 13.5. The number of rotatable bonds is 9. The molecule has 49 heavy (non-hydrogen) atoms. The van der Waals surface area contributed by atoms with Crippen molar-refractivity contribution in [2.75, 3.05) is 23.4 Å². The molecule has 0 spiro atoms. The van der Waals surface area contributed by atoms with Gasteiger partial charge in [0.05, 0.1) is 25.4 Å². The predicted molar refractivity (Wildman–Crippen MR) is 198 cm³/mol. The van der Waals surface area contributed by atoms with Gasteiger partial charge < -0.3 is 24.1 Å². The van der Waals surface area contributed by atoms with Gasteiger partial charge in [-0.05, 0) is 77.6 Å². The van der Waals surface area contributed by atoms with Gasteiger partial charge in [-0.1, -0.05) is 65.0 Å². The number of likely N-dealkylation sites (tertiary alicyclic amines) is 1. The molecule has 3 aromatic rings. The second-order valence-electron chi connectivity index (χ2n) is 17.0. The van der Waals surface area contributed by atoms with Crippen LogP contribution in [0.1, 0.15) is 99.6 Å². The molecule has 4 rings (SSSR count). The molecule has 0 radical (unpaired) electrons. The molecular formula is C37H58N6O5Si. The number of hydrogen-bond acceptors (Lipinski definition) is 8. The first-order valence-electron chi connectivity index (χ1n) is 17.4. The maximum absolute atomic E-state index is 13.9. The van der Waals surface area contributed by atoms with Gasteiger partial charge in [0.15, 0.2) is 14.0 Å². The molecule has 2 atom stereocenters. The van der Waals surface area contributed by atoms with E-state index in [-0.39, 0.29) is 35.7 Å². The molecule has 2 aromatic heterocycles. The van der Waals surface area contributed by atoms with E-state index in [0.717, 1.165) is 11.1 Å². The maximum Gasteiger partial charge on any atom is 0.416 e. The van der Waals surface area contributed by atoms with Crippen molar-refractivity contribution in [3.05, 3.63) is 53.7 Å². The van der Waals surface area contributed by atoms with E-state index in [2.05, 4.69) is 53.0 Å². The second kappa shape index (κ2) is 14.3. The molecule has 1 N–H and O–H groups in total. The molecule has 2 amide bonds. The minimum atomic E-state index is -2.07. The highest BCUT2D eigenvalue weighted by Gasteiger charge is 2.42. The summed E-state index contributed by atoms with van der Waals surface area (Å²) in [5.41, 5.74) is 1.21. The van der Waals surface area contributed by atoms with E-state index < -0.39 is 25.6 Å². The number of nitrogens with one attached hydrogen (secondary N) is 1. The van der Waals surface area contributed by atoms with E-state index in [1.54, 1.807) is 14.3 Å². The Balaban J connectivity index is 1.73. The number of amides is 2. The Morgan fingerprint density at radius 3 is 2.20 bits per heavy atom. The standard InChI is InChI=1S/C37H58N6O5Si/c1-25(2)29-21-38-43-31(42(34(45)48-36(6,7)8)22-26-17-15-14-16-18-26)20-30(40-32(29)43)39-27-19-28(24-46-49(12,13)37(9,10)11)41(23-27)33(44)47-35(3,4)5/h14-18,20-21,25,27-28H,19,22-24H2,1-13H3,(H,39,40)/t27?,28-/m0/s1. The number of benzene rings is 1. The van der Waals surface area contributed by atoms with E-state index in [1.165, 1.54) is 0 Å². The van der Waals surface area contributed by atoms with Gasteiger partial charge in [-0.25, -0.2) is 14.6 Å². The quantitative estimate of drug-likeness (QED) is 0.222. The van der Waals surface area contributed by atoms with Crippen molar-refractivity contribution in [2.45, 2.75) is 136 Å². The Bertz CT molecular complexity index is 1600. The van der Waals surface area contributed by atoms with E-state index in [0.29, 0.717) is 36.9 Å². The van der Waals surface area contributed by atoms with Crippen LogP contribution in [0, 0.1) is 0 Å². The predicted octanol–water partition coefficient (Wildman–Crippen LogP) is 8.61. The SMILES string of the molecule is CC(C)c1cnn2c(N(Cc3ccccc3)C(=O)OC(C)(C)C)cc(NC3C[C@@H](CO[Si](C)(C)C(C)(C)C)N(C(=O)OC(C)(C)C)C3)nc12. The Hall–Kier alpha value is -3.64. The molecule has 1 aliphatic rings. The van der Waals surface area contributed by atoms with Crippen molar-refractivity contribution in [2.24, 2.45) is 0 Å². The third kappa shape index (κ3) is 9.75. The van der Waals surface area contributed by atoms with Gasteiger partial charge in [-0.2, -0.15) is 9.61 Å². The topological polar surface area (TPSA) is 111 Å². The maximum atomic E-state index is 13.9. The first kappa shape index (κ1) is 38.2. The monoisotopic (exact) mass is 694 g/mol. The lowest BCUT2D eigenvalue weighted by atomic mass is 10.1. The van der Waals surface area contributed by atoms with Crippen molar-refractivity contribution in [1.29, 1.82) is 0 Å². The summed E-state index contributed by atoms with van der Waals surface area (Å²) in [6, 6.07) is 11.3. The van der Waals surface area contributed by atoms with Gasteiger partial charge in [-0.3, -0.25) is 4.90 Å². The molecule has 11 nitrogen and oxygen atoms in total. The van der Waals surface area contributed by atoms with E-state index >= 15 is 0 Å². The number of ether oxygens (including phenoxy) is 2. The fourth-order valence-corrected chi connectivity index (χ4v) is 6.46. The van der Waals surface area contributed by atoms with Crippen molar-refractivity contribution in [1.82, 2.24) is 19.5 Å². The zero-order valence-electron chi connectivity index (χ0n) is 31.9. The number of nitrogens with zero attached hydrogens (tertiary/aromatic N) is 5. The van der Waals surface area contributed by atoms with Gasteiger partial charge in [0, 0.05) is 24.2 Å². The third-order valence-electron chi connectivity index (χ3n) is 9.01. The first-order chi connectivity index (χ1) is 22.5. The molecule has 0 bridgehead atoms. The van der Waals surface area contributed by atoms with E-state index in [1.807, 2.05) is 84.1 Å². The Labute approximate surface area is 293 Å². The Morgan fingerprint density at radius 1 is 1.00 bits per heavy atom. The molecule has 0 saturated carbocycles. The van der Waals surface area contributed by atoms with Gasteiger partial charge in [0.2, 0.25) is 0 Å². The highest BCUT2D eigenvalue weighted by molar-refractivity contribution is 6.74. The van der Waals surface area contributed by atoms with Gasteiger partial charge in [0.25, 0.3) is 0 Å². The first-order valence-corrected chi connectivity index (χ1v) is 20.3. The van der Waals surface area contributed by atoms with Crippen LogP contribution in [-0.4, -0.2) is 76.4 Å². The number of hydrogen-bond donors (Lipinski definition) is 1. The van der Waals surface area contributed by atoms with Crippen LogP contribution in [0.3, 0.4) is 0 Å². The fourth-order valence-electron chi connectivity index (χ4n) is 5.41. The lowest BCUT2D eigenvalue weighted by Crippen LogP contribution is -2.46. The number of carbonyl (C=O) groups is 2. The van der Waals surface area contributed by atoms with Crippen molar-refractivity contribution in [3.8, 4) is 0 Å². The number of anilines is 2. The summed E-state index contributed by atoms with van der Waals surface area (Å²) in [7, 11) is -2.07. The van der Waals surface area contributed by atoms with Crippen LogP contribution in [-0.2, 0) is 20.4 Å². The Kier molecular flexibility index (Phi) is 11.1. The highest BCUT2D eigenvalue weighted by Crippen LogP contribution is 2.37. The molecule has 270 valence electrons. The minimum absolute atomic E-state index is 0.0366. The summed E-state index contributed by atoms with van der Waals surface area (Å²) in [6.45, 7) is 27.6. The molecular weight excluding hydrogens is 637 g/mol. The molecule has 1 unspecified atom stereocenters. The highest BCUT2D eigenvalue weighted by atomic mass is 28.4. The van der Waals surface area contributed by atoms with Crippen molar-refractivity contribution < 1.29 is 23.5 Å². The molecule has 1 aliphatic heterocycles. The number of aromatic nitrogens is 3. The lowest BCUT2D eigenvalue weighted by Gasteiger charge is -2.38. The smallest absolute Gasteiger partial charge is 0.416 e. The van der Waals surface area contributed by atoms with Gasteiger partial charge in [-0.15, -0.1) is 0 Å². The Morgan fingerprint density at radius 2 is 1.63 bits per heavy atom. The van der Waals surface area contributed by atoms with Crippen LogP contribution in [0.15, 0.2) is 42.6 Å².